The molecular formula is C58H96NO8P. The van der Waals surface area contributed by atoms with Crippen LogP contribution in [0.1, 0.15) is 181 Å². The predicted octanol–water partition coefficient (Wildman–Crippen LogP) is 15.4. The molecule has 0 aromatic rings. The maximum absolute atomic E-state index is 12.7. The van der Waals surface area contributed by atoms with E-state index in [1.165, 1.54) is 38.5 Å². The average Bonchev–Trinajstić information content (AvgIpc) is 3.30. The number of quaternary nitrogens is 1. The Morgan fingerprint density at radius 3 is 1.21 bits per heavy atom. The molecule has 0 aromatic heterocycles. The van der Waals surface area contributed by atoms with Gasteiger partial charge in [0.1, 0.15) is 19.8 Å². The fourth-order valence-electron chi connectivity index (χ4n) is 6.47. The van der Waals surface area contributed by atoms with Crippen LogP contribution in [0.25, 0.3) is 0 Å². The number of unbranched alkanes of at least 4 members (excludes halogenated alkanes) is 12. The van der Waals surface area contributed by atoms with E-state index in [4.69, 9.17) is 18.5 Å². The zero-order chi connectivity index (χ0) is 49.9. The first-order valence-corrected chi connectivity index (χ1v) is 27.7. The third-order valence-corrected chi connectivity index (χ3v) is 11.4. The molecule has 386 valence electrons. The number of likely N-dealkylation sites (N-methyl/N-ethyl adjacent to an activating group) is 1. The van der Waals surface area contributed by atoms with Crippen molar-refractivity contribution in [3.8, 4) is 0 Å². The van der Waals surface area contributed by atoms with Gasteiger partial charge in [-0.15, -0.1) is 0 Å². The van der Waals surface area contributed by atoms with E-state index in [9.17, 15) is 19.0 Å². The highest BCUT2D eigenvalue weighted by molar-refractivity contribution is 7.45. The summed E-state index contributed by atoms with van der Waals surface area (Å²) < 4.78 is 34.0. The molecular weight excluding hydrogens is 870 g/mol. The number of phosphoric acid groups is 1. The van der Waals surface area contributed by atoms with Crippen molar-refractivity contribution in [3.05, 3.63) is 122 Å². The fourth-order valence-corrected chi connectivity index (χ4v) is 7.20. The number of rotatable bonds is 46. The molecule has 0 heterocycles. The van der Waals surface area contributed by atoms with Crippen molar-refractivity contribution < 1.29 is 42.1 Å². The second-order valence-corrected chi connectivity index (χ2v) is 19.5. The lowest BCUT2D eigenvalue weighted by Gasteiger charge is -2.28. The average molecular weight is 966 g/mol. The highest BCUT2D eigenvalue weighted by Crippen LogP contribution is 2.38. The van der Waals surface area contributed by atoms with Crippen LogP contribution in [0.3, 0.4) is 0 Å². The maximum atomic E-state index is 12.7. The Kier molecular flexibility index (Phi) is 45.9. The summed E-state index contributed by atoms with van der Waals surface area (Å²) in [5.74, 6) is -0.900. The van der Waals surface area contributed by atoms with Crippen LogP contribution in [0, 0.1) is 0 Å². The summed E-state index contributed by atoms with van der Waals surface area (Å²) in [5, 5.41) is 0. The molecule has 0 amide bonds. The number of nitrogens with zero attached hydrogens (tertiary/aromatic N) is 1. The Bertz CT molecular complexity index is 1560. The molecule has 0 aliphatic heterocycles. The summed E-state index contributed by atoms with van der Waals surface area (Å²) in [7, 11) is 1.11. The molecule has 0 rings (SSSR count). The van der Waals surface area contributed by atoms with Crippen molar-refractivity contribution in [2.75, 3.05) is 47.5 Å². The monoisotopic (exact) mass is 966 g/mol. The number of allylic oxidation sites excluding steroid dienone is 20. The molecule has 10 heteroatoms. The number of phosphoric ester groups is 1. The Balaban J connectivity index is 4.35. The molecule has 68 heavy (non-hydrogen) atoms. The topological polar surface area (TPSA) is 111 Å². The minimum absolute atomic E-state index is 0.0474. The van der Waals surface area contributed by atoms with Gasteiger partial charge in [-0.1, -0.05) is 187 Å². The summed E-state index contributed by atoms with van der Waals surface area (Å²) in [6, 6.07) is 0. The van der Waals surface area contributed by atoms with E-state index in [1.54, 1.807) is 0 Å². The Labute approximate surface area is 416 Å². The van der Waals surface area contributed by atoms with Gasteiger partial charge in [-0.2, -0.15) is 0 Å². The number of carbonyl (C=O) groups is 2. The molecule has 0 radical (unpaired) electrons. The van der Waals surface area contributed by atoms with E-state index in [2.05, 4.69) is 135 Å². The number of ether oxygens (including phenoxy) is 2. The SMILES string of the molecule is CC/C=C\C/C=C\C/C=C\C/C=C\C/C=C\C/C=C\CCCCC(=O)OC(COC(=O)CCCCCCCCCCCC/C=C\C/C=C\C/C=C\C/C=C\CC)COP(=O)([O-])OCC[N+](C)(C)C. The molecule has 2 atom stereocenters. The lowest BCUT2D eigenvalue weighted by atomic mass is 10.1. The normalized spacial score (nSPS) is 14.4. The number of esters is 2. The predicted molar refractivity (Wildman–Crippen MR) is 286 cm³/mol. The molecule has 0 fully saturated rings. The van der Waals surface area contributed by atoms with Gasteiger partial charge in [0.05, 0.1) is 27.7 Å². The van der Waals surface area contributed by atoms with E-state index in [0.29, 0.717) is 23.9 Å². The first-order chi connectivity index (χ1) is 33.0. The van der Waals surface area contributed by atoms with Gasteiger partial charge in [-0.25, -0.2) is 0 Å². The highest BCUT2D eigenvalue weighted by atomic mass is 31.2. The molecule has 0 aromatic carbocycles. The number of carbonyl (C=O) groups excluding carboxylic acids is 2. The molecule has 9 nitrogen and oxygen atoms in total. The molecule has 0 saturated heterocycles. The summed E-state index contributed by atoms with van der Waals surface area (Å²) in [6.45, 7) is 3.93. The third kappa shape index (κ3) is 51.8. The largest absolute Gasteiger partial charge is 0.756 e. The van der Waals surface area contributed by atoms with E-state index in [1.807, 2.05) is 21.1 Å². The Morgan fingerprint density at radius 2 is 0.794 bits per heavy atom. The maximum Gasteiger partial charge on any atom is 0.306 e. The van der Waals surface area contributed by atoms with Gasteiger partial charge in [0, 0.05) is 12.8 Å². The zero-order valence-corrected chi connectivity index (χ0v) is 44.4. The molecule has 0 N–H and O–H groups in total. The van der Waals surface area contributed by atoms with Crippen LogP contribution in [0.4, 0.5) is 0 Å². The van der Waals surface area contributed by atoms with Crippen LogP contribution in [0.2, 0.25) is 0 Å². The van der Waals surface area contributed by atoms with E-state index < -0.39 is 32.5 Å². The van der Waals surface area contributed by atoms with Crippen molar-refractivity contribution in [3.63, 3.8) is 0 Å². The first-order valence-electron chi connectivity index (χ1n) is 26.2. The molecule has 0 aliphatic rings. The van der Waals surface area contributed by atoms with Crippen molar-refractivity contribution >= 4 is 19.8 Å². The minimum atomic E-state index is -4.66. The molecule has 0 aliphatic carbocycles. The van der Waals surface area contributed by atoms with E-state index in [-0.39, 0.29) is 26.1 Å². The zero-order valence-electron chi connectivity index (χ0n) is 43.5. The Hall–Kier alpha value is -3.59. The standard InChI is InChI=1S/C58H96NO8P/c1-6-8-10-12-14-16-18-20-22-24-26-28-29-31-32-34-36-38-40-42-44-46-48-50-57(60)64-54-56(55-66-68(62,63)65-53-52-59(3,4)5)67-58(61)51-49-47-45-43-41-39-37-35-33-30-27-25-23-21-19-17-15-13-11-9-7-2/h8-11,14-17,20-23,26-28,30,35,37,41,43,56H,6-7,12-13,18-19,24-25,29,31-34,36,38-40,42,44-55H2,1-5H3/b10-8-,11-9-,16-14-,17-15-,22-20-,23-21-,28-26-,30-27-,37-35-,43-41-. The summed E-state index contributed by atoms with van der Waals surface area (Å²) in [5.41, 5.74) is 0. The van der Waals surface area contributed by atoms with Crippen LogP contribution < -0.4 is 4.89 Å². The second kappa shape index (κ2) is 48.4. The van der Waals surface area contributed by atoms with Gasteiger partial charge in [0.2, 0.25) is 0 Å². The van der Waals surface area contributed by atoms with E-state index >= 15 is 0 Å². The van der Waals surface area contributed by atoms with Crippen LogP contribution in [-0.2, 0) is 32.7 Å². The van der Waals surface area contributed by atoms with Gasteiger partial charge >= 0.3 is 11.9 Å². The van der Waals surface area contributed by atoms with Crippen molar-refractivity contribution in [2.45, 2.75) is 187 Å². The number of hydrogen-bond donors (Lipinski definition) is 0. The van der Waals surface area contributed by atoms with Gasteiger partial charge in [-0.3, -0.25) is 14.2 Å². The lowest BCUT2D eigenvalue weighted by Crippen LogP contribution is -2.37. The first kappa shape index (κ1) is 64.4. The van der Waals surface area contributed by atoms with Crippen molar-refractivity contribution in [1.29, 1.82) is 0 Å². The van der Waals surface area contributed by atoms with Crippen LogP contribution in [-0.4, -0.2) is 70.0 Å². The molecule has 0 bridgehead atoms. The van der Waals surface area contributed by atoms with Crippen LogP contribution in [0.15, 0.2) is 122 Å². The van der Waals surface area contributed by atoms with Gasteiger partial charge in [0.15, 0.2) is 6.10 Å². The molecule has 2 unspecified atom stereocenters. The molecule has 0 spiro atoms. The summed E-state index contributed by atoms with van der Waals surface area (Å²) >= 11 is 0. The summed E-state index contributed by atoms with van der Waals surface area (Å²) in [6.07, 6.45) is 68.0. The molecule has 0 saturated carbocycles. The van der Waals surface area contributed by atoms with E-state index in [0.717, 1.165) is 103 Å². The van der Waals surface area contributed by atoms with Gasteiger partial charge in [-0.05, 0) is 103 Å². The lowest BCUT2D eigenvalue weighted by molar-refractivity contribution is -0.870. The quantitative estimate of drug-likeness (QED) is 0.0195. The van der Waals surface area contributed by atoms with Crippen LogP contribution in [0.5, 0.6) is 0 Å². The minimum Gasteiger partial charge on any atom is -0.756 e. The second-order valence-electron chi connectivity index (χ2n) is 18.1. The van der Waals surface area contributed by atoms with Crippen molar-refractivity contribution in [2.24, 2.45) is 0 Å². The van der Waals surface area contributed by atoms with Gasteiger partial charge in [0.25, 0.3) is 7.82 Å². The smallest absolute Gasteiger partial charge is 0.306 e. The van der Waals surface area contributed by atoms with Crippen LogP contribution >= 0.6 is 7.82 Å². The van der Waals surface area contributed by atoms with Crippen molar-refractivity contribution in [1.82, 2.24) is 0 Å². The van der Waals surface area contributed by atoms with Gasteiger partial charge < -0.3 is 27.9 Å². The summed E-state index contributed by atoms with van der Waals surface area (Å²) in [4.78, 5) is 37.8. The Morgan fingerprint density at radius 1 is 0.456 bits per heavy atom. The fraction of sp³-hybridized carbons (Fsp3) is 0.621. The highest BCUT2D eigenvalue weighted by Gasteiger charge is 2.21. The third-order valence-electron chi connectivity index (χ3n) is 10.5. The number of hydrogen-bond acceptors (Lipinski definition) is 8.